The molecule has 3 aliphatic heterocycles. The number of carbonyl (C=O) groups excluding carboxylic acids is 3. The molecule has 1 N–H and O–H groups in total. The number of urea groups is 1. The molecule has 3 aliphatic rings. The van der Waals surface area contributed by atoms with Crippen molar-refractivity contribution < 1.29 is 23.9 Å². The number of nitrogens with zero attached hydrogens (tertiary/aromatic N) is 2. The Bertz CT molecular complexity index is 1950. The van der Waals surface area contributed by atoms with Gasteiger partial charge in [-0.1, -0.05) is 78.2 Å². The van der Waals surface area contributed by atoms with Crippen molar-refractivity contribution in [2.75, 3.05) is 36.1 Å². The molecule has 49 heavy (non-hydrogen) atoms. The van der Waals surface area contributed by atoms with Crippen LogP contribution in [0, 0.1) is 12.3 Å². The Labute approximate surface area is 290 Å². The molecule has 4 aromatic rings. The third-order valence-electron chi connectivity index (χ3n) is 9.30. The molecule has 1 fully saturated rings. The topological polar surface area (TPSA) is 88.2 Å². The maximum atomic E-state index is 14.3. The summed E-state index contributed by atoms with van der Waals surface area (Å²) in [5, 5.41) is 2.58. The predicted octanol–water partition coefficient (Wildman–Crippen LogP) is 7.29. The third kappa shape index (κ3) is 6.03. The summed E-state index contributed by atoms with van der Waals surface area (Å²) in [6.45, 7) is 3.92. The zero-order chi connectivity index (χ0) is 34.1. The summed E-state index contributed by atoms with van der Waals surface area (Å²) in [7, 11) is 0. The van der Waals surface area contributed by atoms with E-state index in [0.29, 0.717) is 23.6 Å². The van der Waals surface area contributed by atoms with Crippen molar-refractivity contribution in [3.63, 3.8) is 0 Å². The van der Waals surface area contributed by atoms with Gasteiger partial charge in [0.05, 0.1) is 17.3 Å². The monoisotopic (exact) mass is 671 g/mol. The van der Waals surface area contributed by atoms with Gasteiger partial charge in [0.2, 0.25) is 0 Å². The molecule has 4 amide bonds. The molecule has 7 rings (SSSR count). The molecule has 0 radical (unpaired) electrons. The van der Waals surface area contributed by atoms with Crippen LogP contribution < -0.4 is 24.6 Å². The predicted molar refractivity (Wildman–Crippen MR) is 190 cm³/mol. The largest absolute Gasteiger partial charge is 0.490 e. The standard InChI is InChI=1S/C40H34ClN3O5/c1-3-19-49-37-34(41)21-25(22-35(37)48-4-2)20-33-38(45)42-40(47)44(39(33)46)28-23-31-29(26-11-7-5-8-12-26)15-17-43-18-16-30(32(24-28)36(31)43)27-13-9-6-10-14-27/h1,5-14,20-24,29-30H,4,15-19H2,2H3,(H,42,45,47)/b33-20+/t29-,30-/m0/s1. The summed E-state index contributed by atoms with van der Waals surface area (Å²) in [6, 6.07) is 26.9. The lowest BCUT2D eigenvalue weighted by molar-refractivity contribution is -0.122. The highest BCUT2D eigenvalue weighted by Crippen LogP contribution is 2.50. The highest BCUT2D eigenvalue weighted by molar-refractivity contribution is 6.39. The van der Waals surface area contributed by atoms with Crippen molar-refractivity contribution in [2.24, 2.45) is 0 Å². The van der Waals surface area contributed by atoms with Gasteiger partial charge in [-0.2, -0.15) is 0 Å². The van der Waals surface area contributed by atoms with E-state index in [1.165, 1.54) is 17.2 Å². The van der Waals surface area contributed by atoms with Crippen molar-refractivity contribution in [1.29, 1.82) is 0 Å². The van der Waals surface area contributed by atoms with Crippen LogP contribution in [0.3, 0.4) is 0 Å². The van der Waals surface area contributed by atoms with E-state index >= 15 is 0 Å². The molecule has 0 spiro atoms. The number of rotatable bonds is 8. The van der Waals surface area contributed by atoms with Crippen LogP contribution in [-0.4, -0.2) is 44.1 Å². The summed E-state index contributed by atoms with van der Waals surface area (Å²) in [4.78, 5) is 44.5. The average Bonchev–Trinajstić information content (AvgIpc) is 3.11. The van der Waals surface area contributed by atoms with Crippen LogP contribution in [-0.2, 0) is 9.59 Å². The number of ether oxygens (including phenoxy) is 2. The van der Waals surface area contributed by atoms with Crippen LogP contribution >= 0.6 is 11.6 Å². The van der Waals surface area contributed by atoms with Gasteiger partial charge < -0.3 is 14.4 Å². The highest BCUT2D eigenvalue weighted by atomic mass is 35.5. The van der Waals surface area contributed by atoms with Gasteiger partial charge in [-0.3, -0.25) is 14.9 Å². The summed E-state index contributed by atoms with van der Waals surface area (Å²) in [5.74, 6) is 1.56. The van der Waals surface area contributed by atoms with Gasteiger partial charge >= 0.3 is 6.03 Å². The number of benzene rings is 4. The molecule has 4 aromatic carbocycles. The zero-order valence-corrected chi connectivity index (χ0v) is 27.7. The maximum absolute atomic E-state index is 14.3. The van der Waals surface area contributed by atoms with Gasteiger partial charge in [0.25, 0.3) is 11.8 Å². The Kier molecular flexibility index (Phi) is 8.85. The SMILES string of the molecule is C#CCOc1c(Cl)cc(/C=C2\C(=O)NC(=O)N(c3cc4c5c(c3)[C@H](c3ccccc3)CCN5CC[C@H]4c3ccccc3)C2=O)cc1OCC. The van der Waals surface area contributed by atoms with Crippen molar-refractivity contribution in [2.45, 2.75) is 31.6 Å². The molecule has 0 unspecified atom stereocenters. The van der Waals surface area contributed by atoms with Gasteiger partial charge in [-0.25, -0.2) is 9.69 Å². The van der Waals surface area contributed by atoms with Gasteiger partial charge in [0.15, 0.2) is 11.5 Å². The Balaban J connectivity index is 1.35. The molecule has 246 valence electrons. The Morgan fingerprint density at radius 3 is 2.08 bits per heavy atom. The number of amides is 4. The molecule has 9 heteroatoms. The van der Waals surface area contributed by atoms with Crippen LogP contribution in [0.5, 0.6) is 11.5 Å². The number of barbiturate groups is 1. The molecule has 8 nitrogen and oxygen atoms in total. The average molecular weight is 672 g/mol. The van der Waals surface area contributed by atoms with E-state index in [4.69, 9.17) is 27.5 Å². The summed E-state index contributed by atoms with van der Waals surface area (Å²) in [6.07, 6.45) is 8.55. The smallest absolute Gasteiger partial charge is 0.335 e. The first-order chi connectivity index (χ1) is 23.9. The minimum absolute atomic E-state index is 0.0189. The maximum Gasteiger partial charge on any atom is 0.335 e. The third-order valence-corrected chi connectivity index (χ3v) is 9.58. The molecule has 2 atom stereocenters. The van der Waals surface area contributed by atoms with Crippen LogP contribution in [0.2, 0.25) is 5.02 Å². The Morgan fingerprint density at radius 1 is 0.898 bits per heavy atom. The lowest BCUT2D eigenvalue weighted by atomic mass is 9.76. The van der Waals surface area contributed by atoms with Crippen LogP contribution in [0.25, 0.3) is 6.08 Å². The molecule has 0 bridgehead atoms. The Hall–Kier alpha value is -5.52. The minimum Gasteiger partial charge on any atom is -0.490 e. The van der Waals surface area contributed by atoms with E-state index in [-0.39, 0.29) is 34.8 Å². The molecule has 0 aromatic heterocycles. The zero-order valence-electron chi connectivity index (χ0n) is 26.9. The van der Waals surface area contributed by atoms with Crippen molar-refractivity contribution >= 4 is 46.9 Å². The molecule has 0 aliphatic carbocycles. The summed E-state index contributed by atoms with van der Waals surface area (Å²) in [5.41, 5.74) is 6.22. The van der Waals surface area contributed by atoms with Gasteiger partial charge in [0, 0.05) is 30.6 Å². The van der Waals surface area contributed by atoms with E-state index in [0.717, 1.165) is 47.6 Å². The van der Waals surface area contributed by atoms with Crippen molar-refractivity contribution in [1.82, 2.24) is 5.32 Å². The molecule has 1 saturated heterocycles. The van der Waals surface area contributed by atoms with E-state index in [1.807, 2.05) is 48.5 Å². The number of halogens is 1. The first kappa shape index (κ1) is 32.0. The number of imide groups is 2. The fourth-order valence-corrected chi connectivity index (χ4v) is 7.49. The van der Waals surface area contributed by atoms with Gasteiger partial charge in [0.1, 0.15) is 12.2 Å². The first-order valence-electron chi connectivity index (χ1n) is 16.3. The van der Waals surface area contributed by atoms with E-state index in [1.54, 1.807) is 19.1 Å². The highest BCUT2D eigenvalue weighted by Gasteiger charge is 2.40. The minimum atomic E-state index is -0.804. The second-order valence-electron chi connectivity index (χ2n) is 12.2. The van der Waals surface area contributed by atoms with Crippen LogP contribution in [0.15, 0.2) is 90.5 Å². The molecular formula is C40H34ClN3O5. The number of carbonyl (C=O) groups is 3. The van der Waals surface area contributed by atoms with Gasteiger partial charge in [-0.15, -0.1) is 6.42 Å². The second kappa shape index (κ2) is 13.5. The molecular weight excluding hydrogens is 638 g/mol. The lowest BCUT2D eigenvalue weighted by Crippen LogP contribution is -2.54. The van der Waals surface area contributed by atoms with Crippen molar-refractivity contribution in [3.05, 3.63) is 123 Å². The van der Waals surface area contributed by atoms with Crippen molar-refractivity contribution in [3.8, 4) is 23.8 Å². The number of terminal acetylenes is 1. The van der Waals surface area contributed by atoms with E-state index in [9.17, 15) is 14.4 Å². The number of hydrogen-bond acceptors (Lipinski definition) is 6. The van der Waals surface area contributed by atoms with Crippen LogP contribution in [0.4, 0.5) is 16.2 Å². The number of nitrogens with one attached hydrogen (secondary N) is 1. The van der Waals surface area contributed by atoms with E-state index in [2.05, 4.69) is 40.4 Å². The number of anilines is 2. The summed E-state index contributed by atoms with van der Waals surface area (Å²) >= 11 is 6.53. The van der Waals surface area contributed by atoms with E-state index < -0.39 is 17.8 Å². The second-order valence-corrected chi connectivity index (χ2v) is 12.6. The first-order valence-corrected chi connectivity index (χ1v) is 16.7. The van der Waals surface area contributed by atoms with Crippen LogP contribution in [0.1, 0.15) is 59.4 Å². The quantitative estimate of drug-likeness (QED) is 0.120. The fourth-order valence-electron chi connectivity index (χ4n) is 7.22. The number of hydrogen-bond donors (Lipinski definition) is 1. The van der Waals surface area contributed by atoms with Gasteiger partial charge in [-0.05, 0) is 77.9 Å². The Morgan fingerprint density at radius 2 is 1.51 bits per heavy atom. The summed E-state index contributed by atoms with van der Waals surface area (Å²) < 4.78 is 11.3. The molecule has 0 saturated carbocycles. The molecule has 3 heterocycles. The lowest BCUT2D eigenvalue weighted by Gasteiger charge is -2.44. The fraction of sp³-hybridized carbons (Fsp3) is 0.225. The normalized spacial score (nSPS) is 19.3.